The van der Waals surface area contributed by atoms with Crippen LogP contribution >= 0.6 is 24.2 Å². The molecule has 1 fully saturated rings. The number of nitrogens with one attached hydrogen (secondary N) is 2. The number of carbonyl (C=O) groups excluding carboxylic acids is 2. The van der Waals surface area contributed by atoms with Crippen molar-refractivity contribution in [2.24, 2.45) is 0 Å². The number of hydrogen-bond donors (Lipinski definition) is 2. The third kappa shape index (κ3) is 5.75. The van der Waals surface area contributed by atoms with E-state index in [9.17, 15) is 9.59 Å². The molecule has 1 aliphatic heterocycles. The standard InChI is InChI=1S/C14H18N2O4S.ClH/c1-19-13(17)7-20-11-4-2-3-10(5-11)6-15-14(18)12-8-21-9-16-12;/h2-5,12,16H,6-9H2,1H3,(H,15,18);1H. The van der Waals surface area contributed by atoms with Crippen molar-refractivity contribution in [1.82, 2.24) is 10.6 Å². The number of rotatable bonds is 6. The van der Waals surface area contributed by atoms with Crippen LogP contribution in [0, 0.1) is 0 Å². The van der Waals surface area contributed by atoms with Gasteiger partial charge >= 0.3 is 5.97 Å². The van der Waals surface area contributed by atoms with Gasteiger partial charge in [0.2, 0.25) is 5.91 Å². The van der Waals surface area contributed by atoms with E-state index in [0.29, 0.717) is 12.3 Å². The Morgan fingerprint density at radius 3 is 2.95 bits per heavy atom. The summed E-state index contributed by atoms with van der Waals surface area (Å²) in [6, 6.07) is 7.14. The molecule has 2 N–H and O–H groups in total. The molecule has 1 aromatic carbocycles. The summed E-state index contributed by atoms with van der Waals surface area (Å²) in [5, 5.41) is 6.00. The van der Waals surface area contributed by atoms with Crippen LogP contribution in [-0.4, -0.2) is 43.3 Å². The van der Waals surface area contributed by atoms with Crippen molar-refractivity contribution in [2.75, 3.05) is 25.3 Å². The molecule has 1 atom stereocenters. The van der Waals surface area contributed by atoms with Crippen LogP contribution in [0.15, 0.2) is 24.3 Å². The maximum absolute atomic E-state index is 11.9. The summed E-state index contributed by atoms with van der Waals surface area (Å²) in [6.45, 7) is 0.298. The van der Waals surface area contributed by atoms with E-state index in [4.69, 9.17) is 4.74 Å². The van der Waals surface area contributed by atoms with Crippen molar-refractivity contribution in [3.8, 4) is 5.75 Å². The van der Waals surface area contributed by atoms with Gasteiger partial charge in [0.15, 0.2) is 6.61 Å². The zero-order valence-corrected chi connectivity index (χ0v) is 13.8. The Balaban J connectivity index is 0.00000242. The molecule has 1 aliphatic rings. The second-order valence-electron chi connectivity index (χ2n) is 4.50. The molecule has 1 amide bonds. The average Bonchev–Trinajstić information content (AvgIpc) is 3.05. The summed E-state index contributed by atoms with van der Waals surface area (Å²) in [5.74, 6) is 1.75. The normalized spacial score (nSPS) is 16.5. The number of carbonyl (C=O) groups is 2. The largest absolute Gasteiger partial charge is 0.482 e. The number of amides is 1. The van der Waals surface area contributed by atoms with Gasteiger partial charge < -0.3 is 14.8 Å². The number of hydrogen-bond acceptors (Lipinski definition) is 6. The van der Waals surface area contributed by atoms with Crippen molar-refractivity contribution in [3.05, 3.63) is 29.8 Å². The van der Waals surface area contributed by atoms with Crippen LogP contribution in [0.4, 0.5) is 0 Å². The lowest BCUT2D eigenvalue weighted by atomic mass is 10.2. The van der Waals surface area contributed by atoms with E-state index >= 15 is 0 Å². The van der Waals surface area contributed by atoms with Gasteiger partial charge in [0.25, 0.3) is 0 Å². The van der Waals surface area contributed by atoms with Crippen molar-refractivity contribution < 1.29 is 19.1 Å². The molecule has 6 nitrogen and oxygen atoms in total. The van der Waals surface area contributed by atoms with Gasteiger partial charge in [-0.25, -0.2) is 4.79 Å². The Kier molecular flexibility index (Phi) is 8.08. The molecule has 122 valence electrons. The molecule has 1 heterocycles. The molecule has 1 unspecified atom stereocenters. The first-order valence-electron chi connectivity index (χ1n) is 6.56. The van der Waals surface area contributed by atoms with Crippen LogP contribution in [-0.2, 0) is 20.9 Å². The quantitative estimate of drug-likeness (QED) is 0.747. The highest BCUT2D eigenvalue weighted by molar-refractivity contribution is 7.99. The molecule has 22 heavy (non-hydrogen) atoms. The molecular weight excluding hydrogens is 328 g/mol. The van der Waals surface area contributed by atoms with Crippen LogP contribution < -0.4 is 15.4 Å². The van der Waals surface area contributed by atoms with Crippen molar-refractivity contribution in [3.63, 3.8) is 0 Å². The summed E-state index contributed by atoms with van der Waals surface area (Å²) in [6.07, 6.45) is 0. The number of thioether (sulfide) groups is 1. The Morgan fingerprint density at radius 1 is 1.45 bits per heavy atom. The van der Waals surface area contributed by atoms with Crippen molar-refractivity contribution in [1.29, 1.82) is 0 Å². The van der Waals surface area contributed by atoms with Gasteiger partial charge in [-0.15, -0.1) is 24.2 Å². The minimum Gasteiger partial charge on any atom is -0.482 e. The lowest BCUT2D eigenvalue weighted by molar-refractivity contribution is -0.142. The highest BCUT2D eigenvalue weighted by Crippen LogP contribution is 2.14. The monoisotopic (exact) mass is 346 g/mol. The van der Waals surface area contributed by atoms with Gasteiger partial charge in [-0.3, -0.25) is 10.1 Å². The minimum atomic E-state index is -0.432. The topological polar surface area (TPSA) is 76.7 Å². The molecule has 1 aromatic rings. The summed E-state index contributed by atoms with van der Waals surface area (Å²) in [5.41, 5.74) is 0.913. The first-order chi connectivity index (χ1) is 10.2. The van der Waals surface area contributed by atoms with Gasteiger partial charge in [0.1, 0.15) is 5.75 Å². The zero-order chi connectivity index (χ0) is 15.1. The first-order valence-corrected chi connectivity index (χ1v) is 7.72. The number of methoxy groups -OCH3 is 1. The van der Waals surface area contributed by atoms with E-state index in [1.165, 1.54) is 7.11 Å². The predicted octanol–water partition coefficient (Wildman–Crippen LogP) is 0.939. The van der Waals surface area contributed by atoms with Gasteiger partial charge in [-0.1, -0.05) is 12.1 Å². The van der Waals surface area contributed by atoms with E-state index < -0.39 is 5.97 Å². The molecule has 8 heteroatoms. The fourth-order valence-electron chi connectivity index (χ4n) is 1.82. The number of ether oxygens (including phenoxy) is 2. The average molecular weight is 347 g/mol. The lowest BCUT2D eigenvalue weighted by Crippen LogP contribution is -2.41. The third-order valence-corrected chi connectivity index (χ3v) is 3.92. The fourth-order valence-corrected chi connectivity index (χ4v) is 2.76. The van der Waals surface area contributed by atoms with Crippen LogP contribution in [0.3, 0.4) is 0 Å². The highest BCUT2D eigenvalue weighted by atomic mass is 35.5. The van der Waals surface area contributed by atoms with Gasteiger partial charge in [0, 0.05) is 18.2 Å². The first kappa shape index (κ1) is 18.6. The molecule has 2 rings (SSSR count). The summed E-state index contributed by atoms with van der Waals surface area (Å²) in [7, 11) is 1.31. The predicted molar refractivity (Wildman–Crippen MR) is 87.3 cm³/mol. The van der Waals surface area contributed by atoms with Gasteiger partial charge in [0.05, 0.1) is 13.2 Å². The lowest BCUT2D eigenvalue weighted by Gasteiger charge is -2.11. The van der Waals surface area contributed by atoms with E-state index in [2.05, 4.69) is 15.4 Å². The van der Waals surface area contributed by atoms with E-state index in [-0.39, 0.29) is 31.0 Å². The SMILES string of the molecule is COC(=O)COc1cccc(CNC(=O)C2CSCN2)c1.Cl. The van der Waals surface area contributed by atoms with E-state index in [0.717, 1.165) is 17.2 Å². The number of halogens is 1. The second kappa shape index (κ2) is 9.55. The summed E-state index contributed by atoms with van der Waals surface area (Å²) >= 11 is 1.71. The fraction of sp³-hybridized carbons (Fsp3) is 0.429. The number of benzene rings is 1. The molecule has 1 saturated heterocycles. The Morgan fingerprint density at radius 2 is 2.27 bits per heavy atom. The maximum Gasteiger partial charge on any atom is 0.343 e. The Hall–Kier alpha value is -1.44. The van der Waals surface area contributed by atoms with Crippen LogP contribution in [0.25, 0.3) is 0 Å². The van der Waals surface area contributed by atoms with Crippen LogP contribution in [0.5, 0.6) is 5.75 Å². The smallest absolute Gasteiger partial charge is 0.343 e. The Labute approximate surface area is 139 Å². The molecule has 0 bridgehead atoms. The molecule has 0 radical (unpaired) electrons. The van der Waals surface area contributed by atoms with E-state index in [1.807, 2.05) is 12.1 Å². The summed E-state index contributed by atoms with van der Waals surface area (Å²) < 4.78 is 9.81. The van der Waals surface area contributed by atoms with E-state index in [1.54, 1.807) is 23.9 Å². The summed E-state index contributed by atoms with van der Waals surface area (Å²) in [4.78, 5) is 22.9. The van der Waals surface area contributed by atoms with Crippen LogP contribution in [0.2, 0.25) is 0 Å². The number of esters is 1. The van der Waals surface area contributed by atoms with Gasteiger partial charge in [-0.2, -0.15) is 0 Å². The highest BCUT2D eigenvalue weighted by Gasteiger charge is 2.21. The molecule has 0 aromatic heterocycles. The molecule has 0 spiro atoms. The van der Waals surface area contributed by atoms with Crippen LogP contribution in [0.1, 0.15) is 5.56 Å². The second-order valence-corrected chi connectivity index (χ2v) is 5.53. The van der Waals surface area contributed by atoms with Crippen molar-refractivity contribution in [2.45, 2.75) is 12.6 Å². The third-order valence-electron chi connectivity index (χ3n) is 2.98. The van der Waals surface area contributed by atoms with Crippen molar-refractivity contribution >= 4 is 36.0 Å². The van der Waals surface area contributed by atoms with Gasteiger partial charge in [-0.05, 0) is 17.7 Å². The molecular formula is C14H19ClN2O4S. The molecule has 0 aliphatic carbocycles. The Bertz CT molecular complexity index is 509. The molecule has 0 saturated carbocycles. The maximum atomic E-state index is 11.9. The zero-order valence-electron chi connectivity index (χ0n) is 12.2. The minimum absolute atomic E-state index is 0.